The summed E-state index contributed by atoms with van der Waals surface area (Å²) in [6.45, 7) is 4.88. The molecule has 2 heterocycles. The normalized spacial score (nSPS) is 16.3. The van der Waals surface area contributed by atoms with Crippen LogP contribution in [0.25, 0.3) is 5.69 Å². The lowest BCUT2D eigenvalue weighted by molar-refractivity contribution is 0.0907. The number of likely N-dealkylation sites (N-methyl/N-ethyl adjacent to an activating group) is 1. The van der Waals surface area contributed by atoms with Crippen molar-refractivity contribution < 1.29 is 4.79 Å². The fourth-order valence-electron chi connectivity index (χ4n) is 3.65. The fraction of sp³-hybridized carbons (Fsp3) is 0.304. The molecule has 1 aromatic heterocycles. The van der Waals surface area contributed by atoms with Crippen LogP contribution < -0.4 is 5.32 Å². The monoisotopic (exact) mass is 423 g/mol. The highest BCUT2D eigenvalue weighted by Crippen LogP contribution is 2.18. The highest BCUT2D eigenvalue weighted by Gasteiger charge is 2.22. The van der Waals surface area contributed by atoms with Gasteiger partial charge >= 0.3 is 0 Å². The van der Waals surface area contributed by atoms with Gasteiger partial charge in [0.05, 0.1) is 23.5 Å². The SMILES string of the molecule is CN1CCN(CC(NC(=O)c2cnn(-c3cccc(Cl)c3)c2)c2ccccc2)CC1. The Balaban J connectivity index is 1.49. The van der Waals surface area contributed by atoms with Gasteiger partial charge in [-0.15, -0.1) is 0 Å². The maximum atomic E-state index is 13.0. The van der Waals surface area contributed by atoms with Gasteiger partial charge in [-0.1, -0.05) is 48.0 Å². The van der Waals surface area contributed by atoms with Gasteiger partial charge in [-0.25, -0.2) is 4.68 Å². The van der Waals surface area contributed by atoms with Crippen LogP contribution in [0, 0.1) is 0 Å². The first kappa shape index (κ1) is 20.6. The molecule has 7 heteroatoms. The van der Waals surface area contributed by atoms with Crippen LogP contribution in [-0.4, -0.2) is 65.3 Å². The van der Waals surface area contributed by atoms with Crippen molar-refractivity contribution in [2.45, 2.75) is 6.04 Å². The number of amides is 1. The molecule has 1 N–H and O–H groups in total. The van der Waals surface area contributed by atoms with Gasteiger partial charge in [-0.05, 0) is 30.8 Å². The minimum absolute atomic E-state index is 0.0865. The first-order valence-electron chi connectivity index (χ1n) is 10.2. The Morgan fingerprint density at radius 2 is 1.87 bits per heavy atom. The zero-order valence-electron chi connectivity index (χ0n) is 17.0. The Labute approximate surface area is 182 Å². The van der Waals surface area contributed by atoms with Crippen molar-refractivity contribution >= 4 is 17.5 Å². The molecule has 0 radical (unpaired) electrons. The van der Waals surface area contributed by atoms with E-state index in [0.717, 1.165) is 44.0 Å². The summed E-state index contributed by atoms with van der Waals surface area (Å²) in [5.74, 6) is -0.133. The number of carbonyl (C=O) groups excluding carboxylic acids is 1. The van der Waals surface area contributed by atoms with Crippen molar-refractivity contribution in [1.29, 1.82) is 0 Å². The van der Waals surface area contributed by atoms with Gasteiger partial charge in [0.1, 0.15) is 0 Å². The van der Waals surface area contributed by atoms with Crippen LogP contribution in [0.15, 0.2) is 67.0 Å². The number of hydrogen-bond acceptors (Lipinski definition) is 4. The van der Waals surface area contributed by atoms with Crippen LogP contribution in [-0.2, 0) is 0 Å². The molecular formula is C23H26ClN5O. The van der Waals surface area contributed by atoms with Crippen molar-refractivity contribution in [2.24, 2.45) is 0 Å². The van der Waals surface area contributed by atoms with Crippen LogP contribution >= 0.6 is 11.6 Å². The summed E-state index contributed by atoms with van der Waals surface area (Å²) in [6.07, 6.45) is 3.33. The van der Waals surface area contributed by atoms with Crippen LogP contribution in [0.3, 0.4) is 0 Å². The van der Waals surface area contributed by atoms with E-state index in [-0.39, 0.29) is 11.9 Å². The zero-order chi connectivity index (χ0) is 20.9. The predicted octanol–water partition coefficient (Wildman–Crippen LogP) is 3.24. The average molecular weight is 424 g/mol. The number of piperazine rings is 1. The van der Waals surface area contributed by atoms with Crippen LogP contribution in [0.4, 0.5) is 0 Å². The van der Waals surface area contributed by atoms with Crippen LogP contribution in [0.2, 0.25) is 5.02 Å². The molecule has 0 bridgehead atoms. The van der Waals surface area contributed by atoms with Crippen molar-refractivity contribution in [3.63, 3.8) is 0 Å². The summed E-state index contributed by atoms with van der Waals surface area (Å²) < 4.78 is 1.67. The summed E-state index contributed by atoms with van der Waals surface area (Å²) in [6, 6.07) is 17.4. The molecule has 1 fully saturated rings. The number of nitrogens with one attached hydrogen (secondary N) is 1. The van der Waals surface area contributed by atoms with Gasteiger partial charge in [0.2, 0.25) is 0 Å². The van der Waals surface area contributed by atoms with E-state index in [0.29, 0.717) is 10.6 Å². The lowest BCUT2D eigenvalue weighted by atomic mass is 10.1. The van der Waals surface area contributed by atoms with Crippen LogP contribution in [0.1, 0.15) is 22.0 Å². The quantitative estimate of drug-likeness (QED) is 0.661. The Hall–Kier alpha value is -2.67. The molecule has 1 unspecified atom stereocenters. The topological polar surface area (TPSA) is 53.4 Å². The Morgan fingerprint density at radius 1 is 1.10 bits per heavy atom. The molecule has 156 valence electrons. The van der Waals surface area contributed by atoms with Crippen molar-refractivity contribution in [3.8, 4) is 5.69 Å². The first-order valence-corrected chi connectivity index (χ1v) is 10.5. The van der Waals surface area contributed by atoms with E-state index < -0.39 is 0 Å². The molecule has 4 rings (SSSR count). The molecule has 0 spiro atoms. The maximum Gasteiger partial charge on any atom is 0.255 e. The molecule has 0 aliphatic carbocycles. The minimum Gasteiger partial charge on any atom is -0.344 e. The number of carbonyl (C=O) groups is 1. The van der Waals surface area contributed by atoms with Gasteiger partial charge in [0.15, 0.2) is 0 Å². The number of aromatic nitrogens is 2. The molecular weight excluding hydrogens is 398 g/mol. The van der Waals surface area contributed by atoms with E-state index in [2.05, 4.69) is 39.4 Å². The Kier molecular flexibility index (Phi) is 6.47. The molecule has 1 aliphatic heterocycles. The van der Waals surface area contributed by atoms with Gasteiger partial charge in [0, 0.05) is 43.9 Å². The van der Waals surface area contributed by atoms with E-state index in [9.17, 15) is 4.79 Å². The van der Waals surface area contributed by atoms with E-state index >= 15 is 0 Å². The standard InChI is InChI=1S/C23H26ClN5O/c1-27-10-12-28(13-11-27)17-22(18-6-3-2-4-7-18)26-23(30)19-15-25-29(16-19)21-9-5-8-20(24)14-21/h2-9,14-16,22H,10-13,17H2,1H3,(H,26,30). The third-order valence-electron chi connectivity index (χ3n) is 5.46. The lowest BCUT2D eigenvalue weighted by Crippen LogP contribution is -2.47. The molecule has 1 aliphatic rings. The maximum absolute atomic E-state index is 13.0. The fourth-order valence-corrected chi connectivity index (χ4v) is 3.83. The third kappa shape index (κ3) is 5.08. The lowest BCUT2D eigenvalue weighted by Gasteiger charge is -2.35. The predicted molar refractivity (Wildman–Crippen MR) is 119 cm³/mol. The molecule has 1 amide bonds. The number of rotatable bonds is 6. The molecule has 3 aromatic rings. The number of hydrogen-bond donors (Lipinski definition) is 1. The number of halogens is 1. The van der Waals surface area contributed by atoms with E-state index in [1.165, 1.54) is 0 Å². The number of nitrogens with zero attached hydrogens (tertiary/aromatic N) is 4. The van der Waals surface area contributed by atoms with Crippen molar-refractivity contribution in [2.75, 3.05) is 39.8 Å². The molecule has 1 saturated heterocycles. The zero-order valence-corrected chi connectivity index (χ0v) is 17.8. The van der Waals surface area contributed by atoms with Crippen molar-refractivity contribution in [1.82, 2.24) is 24.9 Å². The Morgan fingerprint density at radius 3 is 2.60 bits per heavy atom. The second-order valence-electron chi connectivity index (χ2n) is 7.69. The largest absolute Gasteiger partial charge is 0.344 e. The average Bonchev–Trinajstić information content (AvgIpc) is 3.26. The molecule has 0 saturated carbocycles. The van der Waals surface area contributed by atoms with E-state index in [4.69, 9.17) is 11.6 Å². The van der Waals surface area contributed by atoms with Crippen molar-refractivity contribution in [3.05, 3.63) is 83.1 Å². The summed E-state index contributed by atoms with van der Waals surface area (Å²) in [4.78, 5) is 17.8. The molecule has 2 aromatic carbocycles. The highest BCUT2D eigenvalue weighted by molar-refractivity contribution is 6.30. The summed E-state index contributed by atoms with van der Waals surface area (Å²) in [5, 5.41) is 8.17. The second-order valence-corrected chi connectivity index (χ2v) is 8.13. The van der Waals surface area contributed by atoms with Gasteiger partial charge in [-0.2, -0.15) is 5.10 Å². The van der Waals surface area contributed by atoms with E-state index in [1.807, 2.05) is 42.5 Å². The van der Waals surface area contributed by atoms with Gasteiger partial charge < -0.3 is 10.2 Å². The summed E-state index contributed by atoms with van der Waals surface area (Å²) in [7, 11) is 2.14. The second kappa shape index (κ2) is 9.43. The smallest absolute Gasteiger partial charge is 0.255 e. The van der Waals surface area contributed by atoms with Crippen LogP contribution in [0.5, 0.6) is 0 Å². The van der Waals surface area contributed by atoms with Gasteiger partial charge in [0.25, 0.3) is 5.91 Å². The highest BCUT2D eigenvalue weighted by atomic mass is 35.5. The Bertz CT molecular complexity index is 982. The first-order chi connectivity index (χ1) is 14.6. The third-order valence-corrected chi connectivity index (χ3v) is 5.70. The summed E-state index contributed by atoms with van der Waals surface area (Å²) >= 11 is 6.07. The van der Waals surface area contributed by atoms with E-state index in [1.54, 1.807) is 17.1 Å². The molecule has 6 nitrogen and oxygen atoms in total. The summed E-state index contributed by atoms with van der Waals surface area (Å²) in [5.41, 5.74) is 2.44. The van der Waals surface area contributed by atoms with Gasteiger partial charge in [-0.3, -0.25) is 9.69 Å². The molecule has 30 heavy (non-hydrogen) atoms. The number of benzene rings is 2. The minimum atomic E-state index is -0.133. The molecule has 1 atom stereocenters.